The number of allylic oxidation sites excluding steroid dienone is 1. The van der Waals surface area contributed by atoms with Crippen LogP contribution in [0.4, 0.5) is 0 Å². The van der Waals surface area contributed by atoms with E-state index in [1.807, 2.05) is 30.3 Å². The molecule has 1 atom stereocenters. The molecule has 0 saturated carbocycles. The Morgan fingerprint density at radius 2 is 2.17 bits per heavy atom. The summed E-state index contributed by atoms with van der Waals surface area (Å²) < 4.78 is 31.6. The first-order valence-corrected chi connectivity index (χ1v) is 9.65. The third-order valence-electron chi connectivity index (χ3n) is 4.16. The summed E-state index contributed by atoms with van der Waals surface area (Å²) in [4.78, 5) is 8.24. The topological polar surface area (TPSA) is 71.3 Å². The summed E-state index contributed by atoms with van der Waals surface area (Å²) >= 11 is 0. The number of aliphatic imine (C=N–C) groups is 2. The minimum absolute atomic E-state index is 0.126. The molecule has 1 fully saturated rings. The van der Waals surface area contributed by atoms with Crippen molar-refractivity contribution in [1.82, 2.24) is 4.31 Å². The predicted molar refractivity (Wildman–Crippen MR) is 96.3 cm³/mol. The quantitative estimate of drug-likeness (QED) is 0.818. The highest BCUT2D eigenvalue weighted by Crippen LogP contribution is 2.29. The van der Waals surface area contributed by atoms with Gasteiger partial charge in [0.2, 0.25) is 10.0 Å². The summed E-state index contributed by atoms with van der Waals surface area (Å²) in [6.07, 6.45) is 5.76. The first-order chi connectivity index (χ1) is 11.6. The van der Waals surface area contributed by atoms with Crippen molar-refractivity contribution >= 4 is 28.1 Å². The van der Waals surface area contributed by atoms with Crippen LogP contribution in [0.5, 0.6) is 5.75 Å². The van der Waals surface area contributed by atoms with Gasteiger partial charge in [-0.3, -0.25) is 4.99 Å². The van der Waals surface area contributed by atoms with Crippen LogP contribution >= 0.6 is 0 Å². The van der Waals surface area contributed by atoms with Crippen molar-refractivity contribution in [3.63, 3.8) is 0 Å². The number of nitrogens with zero attached hydrogens (tertiary/aromatic N) is 3. The molecule has 0 amide bonds. The van der Waals surface area contributed by atoms with E-state index in [4.69, 9.17) is 4.74 Å². The maximum absolute atomic E-state index is 12.0. The predicted octanol–water partition coefficient (Wildman–Crippen LogP) is 1.99. The van der Waals surface area contributed by atoms with Crippen LogP contribution in [-0.4, -0.2) is 56.8 Å². The molecule has 1 aromatic rings. The van der Waals surface area contributed by atoms with Crippen molar-refractivity contribution in [2.45, 2.75) is 19.4 Å². The van der Waals surface area contributed by atoms with Gasteiger partial charge >= 0.3 is 0 Å². The molecule has 7 heteroatoms. The Bertz CT molecular complexity index is 784. The lowest BCUT2D eigenvalue weighted by Gasteiger charge is -2.18. The number of sulfonamides is 1. The van der Waals surface area contributed by atoms with Crippen LogP contribution in [0.25, 0.3) is 5.57 Å². The summed E-state index contributed by atoms with van der Waals surface area (Å²) in [5.41, 5.74) is 2.00. The number of para-hydroxylation sites is 1. The van der Waals surface area contributed by atoms with E-state index >= 15 is 0 Å². The fourth-order valence-electron chi connectivity index (χ4n) is 2.83. The molecule has 2 heterocycles. The molecule has 128 valence electrons. The third kappa shape index (κ3) is 3.73. The Balaban J connectivity index is 1.76. The number of hydrogen-bond donors (Lipinski definition) is 0. The Morgan fingerprint density at radius 3 is 3.00 bits per heavy atom. The minimum atomic E-state index is -3.15. The number of rotatable bonds is 5. The summed E-state index contributed by atoms with van der Waals surface area (Å²) in [5, 5.41) is 0. The molecule has 0 N–H and O–H groups in total. The molecule has 3 rings (SSSR count). The first kappa shape index (κ1) is 16.9. The van der Waals surface area contributed by atoms with E-state index in [1.54, 1.807) is 13.1 Å². The number of ether oxygens (including phenoxy) is 1. The van der Waals surface area contributed by atoms with E-state index < -0.39 is 10.0 Å². The number of hydrogen-bond acceptors (Lipinski definition) is 5. The molecule has 2 aliphatic rings. The molecule has 0 bridgehead atoms. The third-order valence-corrected chi connectivity index (χ3v) is 6.01. The molecule has 0 radical (unpaired) electrons. The maximum Gasteiger partial charge on any atom is 0.213 e. The Kier molecular flexibility index (Phi) is 5.11. The zero-order chi connectivity index (χ0) is 17.0. The van der Waals surface area contributed by atoms with E-state index in [0.29, 0.717) is 26.1 Å². The summed E-state index contributed by atoms with van der Waals surface area (Å²) in [6.45, 7) is 3.13. The highest BCUT2D eigenvalue weighted by Gasteiger charge is 2.31. The SMILES string of the molecule is CCS(=O)(=O)N1CCC(Oc2ccccc2C2=CC=NC=NC2)C1. The molecule has 1 unspecified atom stereocenters. The average molecular weight is 347 g/mol. The molecular weight excluding hydrogens is 326 g/mol. The zero-order valence-electron chi connectivity index (χ0n) is 13.6. The van der Waals surface area contributed by atoms with E-state index in [9.17, 15) is 8.42 Å². The van der Waals surface area contributed by atoms with E-state index in [-0.39, 0.29) is 11.9 Å². The first-order valence-electron chi connectivity index (χ1n) is 8.04. The lowest BCUT2D eigenvalue weighted by atomic mass is 10.0. The second-order valence-electron chi connectivity index (χ2n) is 5.73. The average Bonchev–Trinajstić information content (AvgIpc) is 2.90. The van der Waals surface area contributed by atoms with Crippen LogP contribution in [0.15, 0.2) is 40.3 Å². The highest BCUT2D eigenvalue weighted by atomic mass is 32.2. The van der Waals surface area contributed by atoms with E-state index in [2.05, 4.69) is 9.98 Å². The van der Waals surface area contributed by atoms with Gasteiger partial charge in [-0.2, -0.15) is 4.31 Å². The van der Waals surface area contributed by atoms with Gasteiger partial charge in [-0.25, -0.2) is 13.4 Å². The van der Waals surface area contributed by atoms with Crippen LogP contribution in [0.3, 0.4) is 0 Å². The normalized spacial score (nSPS) is 21.5. The standard InChI is InChI=1S/C17H21N3O3S/c1-2-24(21,22)20-10-8-15(12-20)23-17-6-4-3-5-16(17)14-7-9-18-13-19-11-14/h3-7,9,13,15H,2,8,10-12H2,1H3. The summed E-state index contributed by atoms with van der Waals surface area (Å²) in [6, 6.07) is 7.78. The molecule has 6 nitrogen and oxygen atoms in total. The number of benzene rings is 1. The summed E-state index contributed by atoms with van der Waals surface area (Å²) in [5.74, 6) is 0.885. The maximum atomic E-state index is 12.0. The monoisotopic (exact) mass is 347 g/mol. The Morgan fingerprint density at radius 1 is 1.33 bits per heavy atom. The van der Waals surface area contributed by atoms with Crippen molar-refractivity contribution in [3.8, 4) is 5.75 Å². The van der Waals surface area contributed by atoms with Gasteiger partial charge in [0, 0.05) is 18.3 Å². The van der Waals surface area contributed by atoms with Crippen LogP contribution in [0.2, 0.25) is 0 Å². The van der Waals surface area contributed by atoms with Crippen molar-refractivity contribution in [2.24, 2.45) is 9.98 Å². The molecule has 0 aromatic heterocycles. The Hall–Kier alpha value is -1.99. The van der Waals surface area contributed by atoms with Gasteiger partial charge in [0.25, 0.3) is 0 Å². The fraction of sp³-hybridized carbons (Fsp3) is 0.412. The van der Waals surface area contributed by atoms with Gasteiger partial charge < -0.3 is 4.74 Å². The minimum Gasteiger partial charge on any atom is -0.488 e. The molecular formula is C17H21N3O3S. The van der Waals surface area contributed by atoms with E-state index in [0.717, 1.165) is 16.9 Å². The molecule has 24 heavy (non-hydrogen) atoms. The van der Waals surface area contributed by atoms with Gasteiger partial charge in [-0.15, -0.1) is 0 Å². The van der Waals surface area contributed by atoms with Crippen molar-refractivity contribution in [2.75, 3.05) is 25.4 Å². The smallest absolute Gasteiger partial charge is 0.213 e. The Labute approximate surface area is 142 Å². The van der Waals surface area contributed by atoms with Gasteiger partial charge in [-0.05, 0) is 31.1 Å². The van der Waals surface area contributed by atoms with E-state index in [1.165, 1.54) is 10.6 Å². The van der Waals surface area contributed by atoms with Crippen LogP contribution in [-0.2, 0) is 10.0 Å². The molecule has 2 aliphatic heterocycles. The summed E-state index contributed by atoms with van der Waals surface area (Å²) in [7, 11) is -3.15. The molecule has 0 aliphatic carbocycles. The van der Waals surface area contributed by atoms with Crippen molar-refractivity contribution in [3.05, 3.63) is 35.9 Å². The van der Waals surface area contributed by atoms with Crippen LogP contribution < -0.4 is 4.74 Å². The van der Waals surface area contributed by atoms with Crippen molar-refractivity contribution in [1.29, 1.82) is 0 Å². The molecule has 1 aromatic carbocycles. The molecule has 1 saturated heterocycles. The van der Waals surface area contributed by atoms with Crippen molar-refractivity contribution < 1.29 is 13.2 Å². The second kappa shape index (κ2) is 7.27. The lowest BCUT2D eigenvalue weighted by molar-refractivity contribution is 0.215. The van der Waals surface area contributed by atoms with Crippen LogP contribution in [0, 0.1) is 0 Å². The second-order valence-corrected chi connectivity index (χ2v) is 7.99. The molecule has 0 spiro atoms. The highest BCUT2D eigenvalue weighted by molar-refractivity contribution is 7.89. The fourth-order valence-corrected chi connectivity index (χ4v) is 3.97. The zero-order valence-corrected chi connectivity index (χ0v) is 14.4. The largest absolute Gasteiger partial charge is 0.488 e. The van der Waals surface area contributed by atoms with Gasteiger partial charge in [0.05, 0.1) is 18.8 Å². The van der Waals surface area contributed by atoms with Gasteiger partial charge in [0.1, 0.15) is 18.2 Å². The van der Waals surface area contributed by atoms with Gasteiger partial charge in [0.15, 0.2) is 0 Å². The van der Waals surface area contributed by atoms with Gasteiger partial charge in [-0.1, -0.05) is 18.2 Å². The van der Waals surface area contributed by atoms with Crippen LogP contribution in [0.1, 0.15) is 18.9 Å². The lowest BCUT2D eigenvalue weighted by Crippen LogP contribution is -2.32.